The topological polar surface area (TPSA) is 0 Å². The van der Waals surface area contributed by atoms with Crippen LogP contribution in [0, 0.1) is 23.7 Å². The molecule has 2 aliphatic carbocycles. The molecule has 0 spiro atoms. The average molecular weight is 152 g/mol. The Balaban J connectivity index is 2.05. The highest BCUT2D eigenvalue weighted by molar-refractivity contribution is 4.85. The van der Waals surface area contributed by atoms with E-state index in [1.807, 2.05) is 0 Å². The van der Waals surface area contributed by atoms with Gasteiger partial charge in [-0.15, -0.1) is 0 Å². The van der Waals surface area contributed by atoms with Crippen LogP contribution in [0.3, 0.4) is 0 Å². The molecule has 0 saturated heterocycles. The second-order valence-corrected chi connectivity index (χ2v) is 4.86. The van der Waals surface area contributed by atoms with Crippen molar-refractivity contribution in [2.24, 2.45) is 23.7 Å². The first-order chi connectivity index (χ1) is 5.27. The van der Waals surface area contributed by atoms with Gasteiger partial charge < -0.3 is 0 Å². The van der Waals surface area contributed by atoms with Gasteiger partial charge in [0.15, 0.2) is 0 Å². The van der Waals surface area contributed by atoms with Gasteiger partial charge in [0.25, 0.3) is 0 Å². The third-order valence-corrected chi connectivity index (χ3v) is 4.17. The molecule has 64 valence electrons. The molecule has 11 heavy (non-hydrogen) atoms. The molecule has 2 bridgehead atoms. The summed E-state index contributed by atoms with van der Waals surface area (Å²) in [4.78, 5) is 0. The molecular weight excluding hydrogens is 132 g/mol. The van der Waals surface area contributed by atoms with Crippen LogP contribution in [0.5, 0.6) is 0 Å². The number of hydrogen-bond donors (Lipinski definition) is 0. The normalized spacial score (nSPS) is 50.7. The van der Waals surface area contributed by atoms with E-state index >= 15 is 0 Å². The van der Waals surface area contributed by atoms with E-state index in [-0.39, 0.29) is 0 Å². The summed E-state index contributed by atoms with van der Waals surface area (Å²) in [6.45, 7) is 4.92. The molecule has 2 rings (SSSR count). The molecule has 0 aromatic carbocycles. The molecule has 0 aromatic heterocycles. The van der Waals surface area contributed by atoms with Crippen LogP contribution in [-0.2, 0) is 0 Å². The predicted octanol–water partition coefficient (Wildman–Crippen LogP) is 3.47. The third kappa shape index (κ3) is 1.32. The highest BCUT2D eigenvalue weighted by Gasteiger charge is 2.34. The Morgan fingerprint density at radius 3 is 2.64 bits per heavy atom. The SMILES string of the molecule is C[C@@H]1[C@H]2CCC[C@H](C2)C[C@H]1C. The smallest absolute Gasteiger partial charge is 0.0383 e. The van der Waals surface area contributed by atoms with Gasteiger partial charge in [-0.25, -0.2) is 0 Å². The van der Waals surface area contributed by atoms with Gasteiger partial charge in [-0.1, -0.05) is 33.1 Å². The Morgan fingerprint density at radius 2 is 1.82 bits per heavy atom. The average Bonchev–Trinajstić information content (AvgIpc) is 2.01. The Morgan fingerprint density at radius 1 is 1.00 bits per heavy atom. The third-order valence-electron chi connectivity index (χ3n) is 4.17. The standard InChI is InChI=1S/C11H20/c1-8-6-10-4-3-5-11(7-10)9(8)2/h8-11H,3-7H2,1-2H3/t8-,9+,10+,11+/m1/s1. The molecule has 0 heteroatoms. The molecule has 0 radical (unpaired) electrons. The summed E-state index contributed by atoms with van der Waals surface area (Å²) in [5.74, 6) is 4.24. The van der Waals surface area contributed by atoms with Crippen LogP contribution in [0.25, 0.3) is 0 Å². The van der Waals surface area contributed by atoms with Gasteiger partial charge in [-0.05, 0) is 36.5 Å². The van der Waals surface area contributed by atoms with Crippen molar-refractivity contribution in [1.82, 2.24) is 0 Å². The van der Waals surface area contributed by atoms with Gasteiger partial charge >= 0.3 is 0 Å². The maximum absolute atomic E-state index is 2.47. The Bertz CT molecular complexity index is 137. The minimum absolute atomic E-state index is 1.01. The molecule has 2 aliphatic rings. The fraction of sp³-hybridized carbons (Fsp3) is 1.00. The van der Waals surface area contributed by atoms with Crippen molar-refractivity contribution in [1.29, 1.82) is 0 Å². The van der Waals surface area contributed by atoms with Crippen molar-refractivity contribution in [2.45, 2.75) is 46.0 Å². The fourth-order valence-corrected chi connectivity index (χ4v) is 3.23. The number of hydrogen-bond acceptors (Lipinski definition) is 0. The largest absolute Gasteiger partial charge is 0.0622 e. The first kappa shape index (κ1) is 7.64. The van der Waals surface area contributed by atoms with E-state index in [0.717, 1.165) is 23.7 Å². The predicted molar refractivity (Wildman–Crippen MR) is 48.4 cm³/mol. The van der Waals surface area contributed by atoms with Crippen LogP contribution in [0.15, 0.2) is 0 Å². The second-order valence-electron chi connectivity index (χ2n) is 4.86. The number of rotatable bonds is 0. The van der Waals surface area contributed by atoms with E-state index in [4.69, 9.17) is 0 Å². The van der Waals surface area contributed by atoms with E-state index in [2.05, 4.69) is 13.8 Å². The second kappa shape index (κ2) is 2.80. The molecular formula is C11H20. The van der Waals surface area contributed by atoms with Gasteiger partial charge in [0.05, 0.1) is 0 Å². The van der Waals surface area contributed by atoms with Crippen LogP contribution in [0.2, 0.25) is 0 Å². The minimum Gasteiger partial charge on any atom is -0.0622 e. The fourth-order valence-electron chi connectivity index (χ4n) is 3.23. The zero-order chi connectivity index (χ0) is 7.84. The van der Waals surface area contributed by atoms with E-state index in [0.29, 0.717) is 0 Å². The molecule has 0 N–H and O–H groups in total. The summed E-state index contributed by atoms with van der Waals surface area (Å²) >= 11 is 0. The first-order valence-electron chi connectivity index (χ1n) is 5.27. The van der Waals surface area contributed by atoms with Crippen molar-refractivity contribution >= 4 is 0 Å². The number of fused-ring (bicyclic) bond motifs is 2. The zero-order valence-corrected chi connectivity index (χ0v) is 7.84. The van der Waals surface area contributed by atoms with Crippen molar-refractivity contribution < 1.29 is 0 Å². The molecule has 0 aliphatic heterocycles. The minimum atomic E-state index is 1.01. The van der Waals surface area contributed by atoms with Gasteiger partial charge in [0.2, 0.25) is 0 Å². The molecule has 4 atom stereocenters. The zero-order valence-electron chi connectivity index (χ0n) is 7.84. The van der Waals surface area contributed by atoms with Gasteiger partial charge in [-0.2, -0.15) is 0 Å². The molecule has 0 amide bonds. The molecule has 0 heterocycles. The van der Waals surface area contributed by atoms with Crippen LogP contribution in [0.1, 0.15) is 46.0 Å². The maximum atomic E-state index is 2.47. The van der Waals surface area contributed by atoms with Gasteiger partial charge in [-0.3, -0.25) is 0 Å². The lowest BCUT2D eigenvalue weighted by molar-refractivity contribution is 0.0831. The summed E-state index contributed by atoms with van der Waals surface area (Å²) in [5, 5.41) is 0. The molecule has 0 nitrogen and oxygen atoms in total. The summed E-state index contributed by atoms with van der Waals surface area (Å²) in [6.07, 6.45) is 7.67. The van der Waals surface area contributed by atoms with Crippen molar-refractivity contribution in [3.05, 3.63) is 0 Å². The summed E-state index contributed by atoms with van der Waals surface area (Å²) in [5.41, 5.74) is 0. The lowest BCUT2D eigenvalue weighted by atomic mass is 9.63. The highest BCUT2D eigenvalue weighted by atomic mass is 14.4. The van der Waals surface area contributed by atoms with Crippen molar-refractivity contribution in [3.63, 3.8) is 0 Å². The van der Waals surface area contributed by atoms with E-state index in [1.165, 1.54) is 25.7 Å². The Hall–Kier alpha value is 0. The molecule has 0 unspecified atom stereocenters. The van der Waals surface area contributed by atoms with Crippen molar-refractivity contribution in [2.75, 3.05) is 0 Å². The molecule has 2 fully saturated rings. The van der Waals surface area contributed by atoms with E-state index in [1.54, 1.807) is 6.42 Å². The summed E-state index contributed by atoms with van der Waals surface area (Å²) in [7, 11) is 0. The van der Waals surface area contributed by atoms with Crippen molar-refractivity contribution in [3.8, 4) is 0 Å². The lowest BCUT2D eigenvalue weighted by Crippen LogP contribution is -2.32. The first-order valence-corrected chi connectivity index (χ1v) is 5.27. The van der Waals surface area contributed by atoms with Crippen LogP contribution in [-0.4, -0.2) is 0 Å². The maximum Gasteiger partial charge on any atom is -0.0383 e. The van der Waals surface area contributed by atoms with E-state index < -0.39 is 0 Å². The summed E-state index contributed by atoms with van der Waals surface area (Å²) < 4.78 is 0. The van der Waals surface area contributed by atoms with Gasteiger partial charge in [0.1, 0.15) is 0 Å². The summed E-state index contributed by atoms with van der Waals surface area (Å²) in [6, 6.07) is 0. The van der Waals surface area contributed by atoms with Crippen LogP contribution < -0.4 is 0 Å². The van der Waals surface area contributed by atoms with Crippen LogP contribution in [0.4, 0.5) is 0 Å². The monoisotopic (exact) mass is 152 g/mol. The van der Waals surface area contributed by atoms with Gasteiger partial charge in [0, 0.05) is 0 Å². The van der Waals surface area contributed by atoms with Crippen LogP contribution >= 0.6 is 0 Å². The molecule has 0 aromatic rings. The van der Waals surface area contributed by atoms with E-state index in [9.17, 15) is 0 Å². The Labute approximate surface area is 70.4 Å². The molecule has 2 saturated carbocycles. The quantitative estimate of drug-likeness (QED) is 0.498. The highest BCUT2D eigenvalue weighted by Crippen LogP contribution is 2.45. The Kier molecular flexibility index (Phi) is 1.95. The lowest BCUT2D eigenvalue weighted by Gasteiger charge is -2.42.